The fraction of sp³-hybridized carbons (Fsp3) is 0.433. The van der Waals surface area contributed by atoms with Crippen LogP contribution in [0, 0.1) is 16.2 Å². The molecule has 0 spiro atoms. The fourth-order valence-electron chi connectivity index (χ4n) is 5.33. The van der Waals surface area contributed by atoms with Crippen LogP contribution < -0.4 is 11.5 Å². The Morgan fingerprint density at radius 1 is 0.605 bits per heavy atom. The van der Waals surface area contributed by atoms with Crippen molar-refractivity contribution in [1.29, 1.82) is 10.8 Å². The van der Waals surface area contributed by atoms with Gasteiger partial charge < -0.3 is 11.5 Å². The minimum atomic E-state index is -1.56. The summed E-state index contributed by atoms with van der Waals surface area (Å²) in [4.78, 5) is 45.3. The monoisotopic (exact) mass is 844 g/mol. The molecule has 0 atom stereocenters. The van der Waals surface area contributed by atoms with Crippen molar-refractivity contribution < 1.29 is 14.4 Å². The van der Waals surface area contributed by atoms with Crippen LogP contribution >= 0.6 is 63.7 Å². The topological polar surface area (TPSA) is 157 Å². The van der Waals surface area contributed by atoms with Crippen molar-refractivity contribution in [3.05, 3.63) is 65.4 Å². The van der Waals surface area contributed by atoms with Crippen LogP contribution in [0.4, 0.5) is 4.79 Å². The quantitative estimate of drug-likeness (QED) is 0.0604. The minimum absolute atomic E-state index is 0.0990. The molecule has 1 aliphatic rings. The van der Waals surface area contributed by atoms with Crippen LogP contribution in [-0.2, 0) is 22.4 Å². The molecule has 9 nitrogen and oxygen atoms in total. The van der Waals surface area contributed by atoms with Gasteiger partial charge in [-0.2, -0.15) is 0 Å². The first-order chi connectivity index (χ1) is 20.3. The highest BCUT2D eigenvalue weighted by Gasteiger charge is 2.57. The molecule has 0 saturated carbocycles. The van der Waals surface area contributed by atoms with Crippen LogP contribution in [0.3, 0.4) is 0 Å². The molecule has 0 aliphatic carbocycles. The number of nitrogens with zero attached hydrogens (tertiary/aromatic N) is 2. The van der Waals surface area contributed by atoms with E-state index in [2.05, 4.69) is 63.7 Å². The molecule has 4 amide bonds. The number of unbranched alkanes of at least 4 members (excludes halogenated alkanes) is 4. The Balaban J connectivity index is 2.04. The van der Waals surface area contributed by atoms with Gasteiger partial charge in [0.15, 0.2) is 0 Å². The Hall–Kier alpha value is -2.09. The Labute approximate surface area is 286 Å². The molecule has 43 heavy (non-hydrogen) atoms. The lowest BCUT2D eigenvalue weighted by atomic mass is 9.72. The maximum atomic E-state index is 14.5. The average Bonchev–Trinajstić information content (AvgIpc) is 2.89. The predicted molar refractivity (Wildman–Crippen MR) is 183 cm³/mol. The van der Waals surface area contributed by atoms with Crippen molar-refractivity contribution >= 4 is 93.2 Å². The molecule has 6 N–H and O–H groups in total. The van der Waals surface area contributed by atoms with Crippen LogP contribution in [0.25, 0.3) is 0 Å². The molecular weight excluding hydrogens is 812 g/mol. The van der Waals surface area contributed by atoms with Crippen LogP contribution in [0.1, 0.15) is 62.5 Å². The summed E-state index contributed by atoms with van der Waals surface area (Å²) >= 11 is 14.1. The molecule has 13 heteroatoms. The summed E-state index contributed by atoms with van der Waals surface area (Å²) in [7, 11) is 0. The third-order valence-electron chi connectivity index (χ3n) is 7.28. The highest BCUT2D eigenvalue weighted by Crippen LogP contribution is 2.39. The zero-order valence-corrected chi connectivity index (χ0v) is 30.1. The van der Waals surface area contributed by atoms with Gasteiger partial charge in [0.2, 0.25) is 11.8 Å². The van der Waals surface area contributed by atoms with Crippen LogP contribution in [0.5, 0.6) is 0 Å². The summed E-state index contributed by atoms with van der Waals surface area (Å²) in [5, 5.41) is 14.9. The number of amides is 4. The molecule has 0 radical (unpaired) electrons. The van der Waals surface area contributed by atoms with Crippen molar-refractivity contribution in [3.63, 3.8) is 0 Å². The number of halogens is 4. The maximum Gasteiger partial charge on any atom is 0.333 e. The summed E-state index contributed by atoms with van der Waals surface area (Å²) in [6, 6.07) is 10.7. The van der Waals surface area contributed by atoms with E-state index in [-0.39, 0.29) is 37.6 Å². The normalized spacial score (nSPS) is 14.8. The zero-order valence-electron chi connectivity index (χ0n) is 23.7. The lowest BCUT2D eigenvalue weighted by Gasteiger charge is -2.44. The lowest BCUT2D eigenvalue weighted by Crippen LogP contribution is -2.66. The number of barbiturate groups is 1. The van der Waals surface area contributed by atoms with E-state index in [1.54, 1.807) is 0 Å². The fourth-order valence-corrected chi connectivity index (χ4v) is 8.11. The molecule has 1 heterocycles. The van der Waals surface area contributed by atoms with Gasteiger partial charge >= 0.3 is 6.03 Å². The lowest BCUT2D eigenvalue weighted by molar-refractivity contribution is -0.159. The molecule has 232 valence electrons. The van der Waals surface area contributed by atoms with Crippen LogP contribution in [0.15, 0.2) is 54.3 Å². The van der Waals surface area contributed by atoms with Crippen LogP contribution in [-0.4, -0.2) is 52.4 Å². The van der Waals surface area contributed by atoms with Gasteiger partial charge in [-0.25, -0.2) is 4.79 Å². The second-order valence-corrected chi connectivity index (χ2v) is 14.5. The SMILES string of the molecule is N=C(N)CCCCCN1C(=O)N(CCCCCC(=N)N)C(=O)C(Cc2cc(Br)cc(Br)c2)(Cc2cc(Br)cc(Br)c2)C1=O. The van der Waals surface area contributed by atoms with Crippen molar-refractivity contribution in [2.24, 2.45) is 16.9 Å². The first-order valence-corrected chi connectivity index (χ1v) is 17.2. The van der Waals surface area contributed by atoms with E-state index in [0.29, 0.717) is 51.4 Å². The molecule has 2 aromatic rings. The molecule has 0 aromatic heterocycles. The largest absolute Gasteiger partial charge is 0.388 e. The first-order valence-electron chi connectivity index (χ1n) is 14.1. The summed E-state index contributed by atoms with van der Waals surface area (Å²) in [5.41, 5.74) is 11.0. The molecular formula is C30H36Br4N6O3. The van der Waals surface area contributed by atoms with Gasteiger partial charge in [0, 0.05) is 43.8 Å². The van der Waals surface area contributed by atoms with Gasteiger partial charge in [0.1, 0.15) is 5.41 Å². The molecule has 1 aliphatic heterocycles. The van der Waals surface area contributed by atoms with Gasteiger partial charge in [-0.15, -0.1) is 0 Å². The second kappa shape index (κ2) is 16.3. The summed E-state index contributed by atoms with van der Waals surface area (Å²) in [6.45, 7) is 0.325. The first kappa shape index (κ1) is 35.4. The number of carbonyl (C=O) groups is 3. The second-order valence-electron chi connectivity index (χ2n) is 10.9. The summed E-state index contributed by atoms with van der Waals surface area (Å²) < 4.78 is 3.20. The standard InChI is InChI=1S/C30H36Br4N6O3/c31-21-11-19(12-22(32)15-21)17-30(18-20-13-23(33)16-24(34)14-20)27(41)39(9-5-1-3-7-25(35)36)29(43)40(28(30)42)10-6-2-4-8-26(37)38/h11-16H,1-10,17-18H2,(H3,35,36)(H3,37,38). The highest BCUT2D eigenvalue weighted by atomic mass is 79.9. The van der Waals surface area contributed by atoms with Crippen LogP contribution in [0.2, 0.25) is 0 Å². The number of rotatable bonds is 16. The van der Waals surface area contributed by atoms with E-state index >= 15 is 0 Å². The maximum absolute atomic E-state index is 14.5. The van der Waals surface area contributed by atoms with Crippen molar-refractivity contribution in [3.8, 4) is 0 Å². The number of benzene rings is 2. The average molecular weight is 848 g/mol. The van der Waals surface area contributed by atoms with Crippen molar-refractivity contribution in [2.45, 2.75) is 64.2 Å². The van der Waals surface area contributed by atoms with E-state index in [4.69, 9.17) is 22.3 Å². The van der Waals surface area contributed by atoms with Crippen molar-refractivity contribution in [1.82, 2.24) is 9.80 Å². The predicted octanol–water partition coefficient (Wildman–Crippen LogP) is 7.29. The number of carbonyl (C=O) groups excluding carboxylic acids is 3. The highest BCUT2D eigenvalue weighted by molar-refractivity contribution is 9.11. The van der Waals surface area contributed by atoms with E-state index in [9.17, 15) is 14.4 Å². The minimum Gasteiger partial charge on any atom is -0.388 e. The van der Waals surface area contributed by atoms with E-state index < -0.39 is 23.3 Å². The Morgan fingerprint density at radius 2 is 0.953 bits per heavy atom. The van der Waals surface area contributed by atoms with E-state index in [1.165, 1.54) is 9.80 Å². The van der Waals surface area contributed by atoms with Gasteiger partial charge in [-0.3, -0.25) is 30.2 Å². The molecule has 3 rings (SSSR count). The number of hydrogen-bond acceptors (Lipinski definition) is 5. The Morgan fingerprint density at radius 3 is 1.28 bits per heavy atom. The molecule has 1 saturated heterocycles. The number of nitrogens with one attached hydrogen (secondary N) is 2. The van der Waals surface area contributed by atoms with E-state index in [1.807, 2.05) is 36.4 Å². The summed E-state index contributed by atoms with van der Waals surface area (Å²) in [5.74, 6) is -0.805. The zero-order chi connectivity index (χ0) is 31.7. The van der Waals surface area contributed by atoms with Gasteiger partial charge in [-0.05, 0) is 86.1 Å². The smallest absolute Gasteiger partial charge is 0.333 e. The van der Waals surface area contributed by atoms with Gasteiger partial charge in [0.05, 0.1) is 11.7 Å². The number of imide groups is 2. The third kappa shape index (κ3) is 9.95. The van der Waals surface area contributed by atoms with E-state index in [0.717, 1.165) is 29.0 Å². The number of urea groups is 1. The van der Waals surface area contributed by atoms with Gasteiger partial charge in [0.25, 0.3) is 0 Å². The number of hydrogen-bond donors (Lipinski definition) is 4. The summed E-state index contributed by atoms with van der Waals surface area (Å²) in [6.07, 6.45) is 4.88. The molecule has 2 aromatic carbocycles. The molecule has 1 fully saturated rings. The number of amidine groups is 2. The molecule has 0 unspecified atom stereocenters. The third-order valence-corrected chi connectivity index (χ3v) is 9.11. The molecule has 0 bridgehead atoms. The van der Waals surface area contributed by atoms with Crippen molar-refractivity contribution in [2.75, 3.05) is 13.1 Å². The number of nitrogens with two attached hydrogens (primary N) is 2. The Kier molecular flexibility index (Phi) is 13.4. The Bertz CT molecular complexity index is 1240. The van der Waals surface area contributed by atoms with Gasteiger partial charge in [-0.1, -0.05) is 76.6 Å².